The molecule has 1 N–H and O–H groups in total. The summed E-state index contributed by atoms with van der Waals surface area (Å²) in [6, 6.07) is 0. The lowest BCUT2D eigenvalue weighted by atomic mass is 9.61. The van der Waals surface area contributed by atoms with Crippen LogP contribution in [0.4, 0.5) is 0 Å². The Morgan fingerprint density at radius 1 is 1.21 bits per heavy atom. The van der Waals surface area contributed by atoms with Gasteiger partial charge in [0.25, 0.3) is 0 Å². The van der Waals surface area contributed by atoms with Crippen molar-refractivity contribution in [1.82, 2.24) is 5.32 Å². The second kappa shape index (κ2) is 7.93. The van der Waals surface area contributed by atoms with Gasteiger partial charge in [-0.25, -0.2) is 0 Å². The summed E-state index contributed by atoms with van der Waals surface area (Å²) in [5, 5.41) is 3.67. The minimum atomic E-state index is 0.232. The van der Waals surface area contributed by atoms with Crippen LogP contribution < -0.4 is 5.32 Å². The van der Waals surface area contributed by atoms with Gasteiger partial charge in [0, 0.05) is 12.2 Å². The Morgan fingerprint density at radius 3 is 2.38 bits per heavy atom. The van der Waals surface area contributed by atoms with Crippen LogP contribution in [0.15, 0.2) is 36.6 Å². The van der Waals surface area contributed by atoms with E-state index in [0.717, 1.165) is 30.9 Å². The molecule has 0 radical (unpaired) electrons. The summed E-state index contributed by atoms with van der Waals surface area (Å²) in [6.45, 7) is 25.7. The van der Waals surface area contributed by atoms with Gasteiger partial charge in [0.05, 0.1) is 0 Å². The number of rotatable bonds is 8. The second-order valence-electron chi connectivity index (χ2n) is 10.4. The molecule has 0 aliphatic heterocycles. The van der Waals surface area contributed by atoms with Gasteiger partial charge < -0.3 is 5.32 Å². The minimum absolute atomic E-state index is 0.232. The van der Waals surface area contributed by atoms with Crippen LogP contribution in [0.3, 0.4) is 0 Å². The average Bonchev–Trinajstić information content (AvgIpc) is 2.32. The standard InChI is InChI=1S/C23H41N/c1-18(2)11-10-12-21(5,6)15-20(4)24-17-23(9)14-19(3)13-22(7,8)16-23/h10-11,19,24H,1,4,12-17H2,2-3,5-9H3/b11-10+. The highest BCUT2D eigenvalue weighted by Gasteiger charge is 2.39. The number of hydrogen-bond acceptors (Lipinski definition) is 1. The van der Waals surface area contributed by atoms with Crippen LogP contribution in [-0.4, -0.2) is 6.54 Å². The first kappa shape index (κ1) is 21.1. The SMILES string of the molecule is C=C(C)/C=C/CC(C)(C)CC(=C)NCC1(C)CC(C)CC(C)(C)C1. The smallest absolute Gasteiger partial charge is 0.0198 e. The van der Waals surface area contributed by atoms with Crippen LogP contribution in [0.25, 0.3) is 0 Å². The molecule has 24 heavy (non-hydrogen) atoms. The Hall–Kier alpha value is -0.980. The molecule has 2 unspecified atom stereocenters. The molecule has 1 aliphatic carbocycles. The Labute approximate surface area is 151 Å². The van der Waals surface area contributed by atoms with Crippen molar-refractivity contribution in [2.24, 2.45) is 22.2 Å². The van der Waals surface area contributed by atoms with Crippen molar-refractivity contribution < 1.29 is 0 Å². The van der Waals surface area contributed by atoms with E-state index >= 15 is 0 Å². The average molecular weight is 332 g/mol. The van der Waals surface area contributed by atoms with Crippen LogP contribution in [0.1, 0.15) is 80.6 Å². The normalized spacial score (nSPS) is 27.2. The van der Waals surface area contributed by atoms with E-state index in [2.05, 4.69) is 72.2 Å². The first-order valence-corrected chi connectivity index (χ1v) is 9.56. The van der Waals surface area contributed by atoms with Gasteiger partial charge >= 0.3 is 0 Å². The predicted octanol–water partition coefficient (Wildman–Crippen LogP) is 6.88. The lowest BCUT2D eigenvalue weighted by Crippen LogP contribution is -2.41. The van der Waals surface area contributed by atoms with Gasteiger partial charge in [-0.3, -0.25) is 0 Å². The predicted molar refractivity (Wildman–Crippen MR) is 109 cm³/mol. The highest BCUT2D eigenvalue weighted by Crippen LogP contribution is 2.48. The van der Waals surface area contributed by atoms with Crippen molar-refractivity contribution in [2.45, 2.75) is 80.6 Å². The zero-order valence-corrected chi connectivity index (χ0v) is 17.4. The highest BCUT2D eigenvalue weighted by molar-refractivity contribution is 5.12. The van der Waals surface area contributed by atoms with Crippen LogP contribution >= 0.6 is 0 Å². The Balaban J connectivity index is 2.51. The van der Waals surface area contributed by atoms with E-state index in [1.807, 2.05) is 6.92 Å². The van der Waals surface area contributed by atoms with E-state index < -0.39 is 0 Å². The van der Waals surface area contributed by atoms with Crippen molar-refractivity contribution in [3.05, 3.63) is 36.6 Å². The van der Waals surface area contributed by atoms with Gasteiger partial charge in [0.15, 0.2) is 0 Å². The van der Waals surface area contributed by atoms with Crippen molar-refractivity contribution in [1.29, 1.82) is 0 Å². The topological polar surface area (TPSA) is 12.0 Å². The molecule has 1 heteroatoms. The molecule has 1 saturated carbocycles. The summed E-state index contributed by atoms with van der Waals surface area (Å²) in [5.41, 5.74) is 3.37. The molecule has 0 spiro atoms. The maximum atomic E-state index is 4.30. The monoisotopic (exact) mass is 331 g/mol. The van der Waals surface area contributed by atoms with Crippen LogP contribution in [-0.2, 0) is 0 Å². The van der Waals surface area contributed by atoms with E-state index in [9.17, 15) is 0 Å². The molecule has 0 heterocycles. The molecule has 1 nitrogen and oxygen atoms in total. The van der Waals surface area contributed by atoms with Crippen LogP contribution in [0, 0.1) is 22.2 Å². The molecule has 1 rings (SSSR count). The Bertz CT molecular complexity index is 480. The lowest BCUT2D eigenvalue weighted by molar-refractivity contribution is 0.0622. The molecule has 0 aromatic heterocycles. The molecule has 0 saturated heterocycles. The molecule has 0 amide bonds. The quantitative estimate of drug-likeness (QED) is 0.478. The number of nitrogens with one attached hydrogen (secondary N) is 1. The summed E-state index contributed by atoms with van der Waals surface area (Å²) in [7, 11) is 0. The maximum Gasteiger partial charge on any atom is 0.0198 e. The minimum Gasteiger partial charge on any atom is -0.388 e. The van der Waals surface area contributed by atoms with E-state index in [0.29, 0.717) is 10.8 Å². The molecular formula is C23H41N. The van der Waals surface area contributed by atoms with Crippen LogP contribution in [0.2, 0.25) is 0 Å². The molecule has 1 aliphatic rings. The lowest BCUT2D eigenvalue weighted by Gasteiger charge is -2.46. The fourth-order valence-electron chi connectivity index (χ4n) is 4.92. The van der Waals surface area contributed by atoms with Crippen molar-refractivity contribution >= 4 is 0 Å². The zero-order chi connectivity index (χ0) is 18.6. The Morgan fingerprint density at radius 2 is 1.83 bits per heavy atom. The second-order valence-corrected chi connectivity index (χ2v) is 10.4. The van der Waals surface area contributed by atoms with Gasteiger partial charge in [-0.1, -0.05) is 72.4 Å². The van der Waals surface area contributed by atoms with Gasteiger partial charge in [0.1, 0.15) is 0 Å². The number of allylic oxidation sites excluding steroid dienone is 4. The van der Waals surface area contributed by atoms with Gasteiger partial charge in [-0.05, 0) is 61.2 Å². The van der Waals surface area contributed by atoms with Crippen molar-refractivity contribution in [3.63, 3.8) is 0 Å². The first-order chi connectivity index (χ1) is 10.8. The van der Waals surface area contributed by atoms with Gasteiger partial charge in [0.2, 0.25) is 0 Å². The molecule has 0 aromatic rings. The summed E-state index contributed by atoms with van der Waals surface area (Å²) in [5.74, 6) is 0.817. The van der Waals surface area contributed by atoms with E-state index in [1.54, 1.807) is 0 Å². The third kappa shape index (κ3) is 7.73. The molecule has 1 fully saturated rings. The maximum absolute atomic E-state index is 4.30. The molecule has 0 aromatic carbocycles. The fourth-order valence-corrected chi connectivity index (χ4v) is 4.92. The van der Waals surface area contributed by atoms with Crippen molar-refractivity contribution in [3.8, 4) is 0 Å². The Kier molecular flexibility index (Phi) is 6.96. The van der Waals surface area contributed by atoms with E-state index in [4.69, 9.17) is 0 Å². The van der Waals surface area contributed by atoms with Gasteiger partial charge in [-0.15, -0.1) is 0 Å². The summed E-state index contributed by atoms with van der Waals surface area (Å²) in [6.07, 6.45) is 10.4. The fraction of sp³-hybridized carbons (Fsp3) is 0.739. The third-order valence-corrected chi connectivity index (χ3v) is 5.18. The highest BCUT2D eigenvalue weighted by atomic mass is 14.9. The van der Waals surface area contributed by atoms with Crippen molar-refractivity contribution in [2.75, 3.05) is 6.54 Å². The molecular weight excluding hydrogens is 290 g/mol. The third-order valence-electron chi connectivity index (χ3n) is 5.18. The van der Waals surface area contributed by atoms with Crippen LogP contribution in [0.5, 0.6) is 0 Å². The first-order valence-electron chi connectivity index (χ1n) is 9.56. The largest absolute Gasteiger partial charge is 0.388 e. The molecule has 2 atom stereocenters. The summed E-state index contributed by atoms with van der Waals surface area (Å²) < 4.78 is 0. The molecule has 0 bridgehead atoms. The van der Waals surface area contributed by atoms with E-state index in [1.165, 1.54) is 25.0 Å². The van der Waals surface area contributed by atoms with Gasteiger partial charge in [-0.2, -0.15) is 0 Å². The van der Waals surface area contributed by atoms with E-state index in [-0.39, 0.29) is 5.41 Å². The zero-order valence-electron chi connectivity index (χ0n) is 17.4. The summed E-state index contributed by atoms with van der Waals surface area (Å²) in [4.78, 5) is 0. The summed E-state index contributed by atoms with van der Waals surface area (Å²) >= 11 is 0. The molecule has 138 valence electrons. The number of hydrogen-bond donors (Lipinski definition) is 1.